The summed E-state index contributed by atoms with van der Waals surface area (Å²) in [7, 11) is 0. The van der Waals surface area contributed by atoms with Crippen LogP contribution in [0.3, 0.4) is 0 Å². The zero-order valence-corrected chi connectivity index (χ0v) is 10.3. The second kappa shape index (κ2) is 5.96. The minimum atomic E-state index is -0.341. The minimum absolute atomic E-state index is 0.148. The van der Waals surface area contributed by atoms with E-state index in [-0.39, 0.29) is 23.9 Å². The number of phenolic OH excluding ortho intramolecular Hbond substituents is 1. The molecule has 0 atom stereocenters. The Morgan fingerprint density at radius 2 is 2.21 bits per heavy atom. The molecule has 0 saturated carbocycles. The SMILES string of the molecule is NCCn1cc(C(=O)NCc2ccccc2O)nn1. The Kier molecular flexibility index (Phi) is 4.09. The van der Waals surface area contributed by atoms with Crippen molar-refractivity contribution in [3.63, 3.8) is 0 Å². The minimum Gasteiger partial charge on any atom is -0.508 e. The number of benzene rings is 1. The van der Waals surface area contributed by atoms with Gasteiger partial charge in [-0.2, -0.15) is 0 Å². The van der Waals surface area contributed by atoms with Crippen molar-refractivity contribution in [1.29, 1.82) is 0 Å². The van der Waals surface area contributed by atoms with Gasteiger partial charge in [-0.25, -0.2) is 0 Å². The highest BCUT2D eigenvalue weighted by atomic mass is 16.3. The van der Waals surface area contributed by atoms with Gasteiger partial charge in [-0.3, -0.25) is 9.48 Å². The van der Waals surface area contributed by atoms with Crippen molar-refractivity contribution in [1.82, 2.24) is 20.3 Å². The van der Waals surface area contributed by atoms with Gasteiger partial charge in [0.05, 0.1) is 12.7 Å². The summed E-state index contributed by atoms with van der Waals surface area (Å²) >= 11 is 0. The van der Waals surface area contributed by atoms with Crippen molar-refractivity contribution in [3.05, 3.63) is 41.7 Å². The zero-order valence-electron chi connectivity index (χ0n) is 10.3. The number of carbonyl (C=O) groups excluding carboxylic acids is 1. The van der Waals surface area contributed by atoms with Gasteiger partial charge in [0, 0.05) is 18.7 Å². The number of hydrogen-bond acceptors (Lipinski definition) is 5. The molecule has 0 aliphatic rings. The van der Waals surface area contributed by atoms with Gasteiger partial charge in [0.15, 0.2) is 5.69 Å². The molecule has 0 unspecified atom stereocenters. The van der Waals surface area contributed by atoms with Gasteiger partial charge in [0.25, 0.3) is 5.91 Å². The number of nitrogens with one attached hydrogen (secondary N) is 1. The van der Waals surface area contributed by atoms with Crippen molar-refractivity contribution in [2.75, 3.05) is 6.54 Å². The number of amides is 1. The average Bonchev–Trinajstić information content (AvgIpc) is 2.87. The van der Waals surface area contributed by atoms with E-state index in [1.54, 1.807) is 24.3 Å². The summed E-state index contributed by atoms with van der Waals surface area (Å²) in [5.74, 6) is -0.193. The molecule has 2 rings (SSSR count). The molecule has 1 heterocycles. The van der Waals surface area contributed by atoms with Crippen LogP contribution in [0.5, 0.6) is 5.75 Å². The quantitative estimate of drug-likeness (QED) is 0.695. The molecule has 7 nitrogen and oxygen atoms in total. The van der Waals surface area contributed by atoms with Crippen LogP contribution in [0.1, 0.15) is 16.1 Å². The largest absolute Gasteiger partial charge is 0.508 e. The number of nitrogens with two attached hydrogens (primary N) is 1. The van der Waals surface area contributed by atoms with Crippen LogP contribution in [-0.2, 0) is 13.1 Å². The fourth-order valence-corrected chi connectivity index (χ4v) is 1.57. The van der Waals surface area contributed by atoms with E-state index in [1.165, 1.54) is 10.9 Å². The van der Waals surface area contributed by atoms with Crippen molar-refractivity contribution in [3.8, 4) is 5.75 Å². The molecule has 0 aliphatic carbocycles. The van der Waals surface area contributed by atoms with Gasteiger partial charge in [-0.1, -0.05) is 23.4 Å². The van der Waals surface area contributed by atoms with Crippen molar-refractivity contribution < 1.29 is 9.90 Å². The van der Waals surface area contributed by atoms with E-state index < -0.39 is 0 Å². The van der Waals surface area contributed by atoms with Crippen LogP contribution in [0.15, 0.2) is 30.5 Å². The van der Waals surface area contributed by atoms with Crippen LogP contribution in [0.2, 0.25) is 0 Å². The van der Waals surface area contributed by atoms with E-state index in [1.807, 2.05) is 0 Å². The lowest BCUT2D eigenvalue weighted by Crippen LogP contribution is -2.23. The van der Waals surface area contributed by atoms with Crippen molar-refractivity contribution in [2.45, 2.75) is 13.1 Å². The molecule has 1 aromatic heterocycles. The predicted molar refractivity (Wildman–Crippen MR) is 68.4 cm³/mol. The first kappa shape index (κ1) is 13.0. The molecule has 19 heavy (non-hydrogen) atoms. The number of aromatic nitrogens is 3. The van der Waals surface area contributed by atoms with Crippen LogP contribution < -0.4 is 11.1 Å². The highest BCUT2D eigenvalue weighted by molar-refractivity contribution is 5.91. The van der Waals surface area contributed by atoms with E-state index in [0.717, 1.165) is 0 Å². The molecule has 0 saturated heterocycles. The molecule has 1 aromatic carbocycles. The lowest BCUT2D eigenvalue weighted by Gasteiger charge is -2.04. The number of rotatable bonds is 5. The molecule has 7 heteroatoms. The molecule has 2 aromatic rings. The van der Waals surface area contributed by atoms with E-state index >= 15 is 0 Å². The standard InChI is InChI=1S/C12H15N5O2/c13-5-6-17-8-10(15-16-17)12(19)14-7-9-3-1-2-4-11(9)18/h1-4,8,18H,5-7,13H2,(H,14,19). The van der Waals surface area contributed by atoms with E-state index in [9.17, 15) is 9.90 Å². The second-order valence-corrected chi connectivity index (χ2v) is 3.97. The first-order valence-electron chi connectivity index (χ1n) is 5.86. The Morgan fingerprint density at radius 1 is 1.42 bits per heavy atom. The topological polar surface area (TPSA) is 106 Å². The van der Waals surface area contributed by atoms with Crippen molar-refractivity contribution >= 4 is 5.91 Å². The Morgan fingerprint density at radius 3 is 2.95 bits per heavy atom. The summed E-state index contributed by atoms with van der Waals surface area (Å²) in [6.45, 7) is 1.18. The Balaban J connectivity index is 1.95. The molecular weight excluding hydrogens is 246 g/mol. The maximum atomic E-state index is 11.8. The highest BCUT2D eigenvalue weighted by Crippen LogP contribution is 2.14. The van der Waals surface area contributed by atoms with Gasteiger partial charge in [0.2, 0.25) is 0 Å². The predicted octanol–water partition coefficient (Wildman–Crippen LogP) is -0.128. The molecule has 100 valence electrons. The van der Waals surface area contributed by atoms with E-state index in [4.69, 9.17) is 5.73 Å². The van der Waals surface area contributed by atoms with Crippen LogP contribution >= 0.6 is 0 Å². The summed E-state index contributed by atoms with van der Waals surface area (Å²) in [6.07, 6.45) is 1.53. The van der Waals surface area contributed by atoms with Crippen LogP contribution in [0.25, 0.3) is 0 Å². The molecule has 0 fully saturated rings. The third-order valence-corrected chi connectivity index (χ3v) is 2.56. The Bertz CT molecular complexity index is 567. The van der Waals surface area contributed by atoms with Gasteiger partial charge in [-0.05, 0) is 6.07 Å². The maximum Gasteiger partial charge on any atom is 0.273 e. The number of hydrogen-bond donors (Lipinski definition) is 3. The summed E-state index contributed by atoms with van der Waals surface area (Å²) in [4.78, 5) is 11.8. The molecule has 0 bridgehead atoms. The monoisotopic (exact) mass is 261 g/mol. The lowest BCUT2D eigenvalue weighted by molar-refractivity contribution is 0.0945. The summed E-state index contributed by atoms with van der Waals surface area (Å²) in [6, 6.07) is 6.82. The van der Waals surface area contributed by atoms with Gasteiger partial charge in [-0.15, -0.1) is 5.10 Å². The highest BCUT2D eigenvalue weighted by Gasteiger charge is 2.10. The Hall–Kier alpha value is -2.41. The van der Waals surface area contributed by atoms with Gasteiger partial charge >= 0.3 is 0 Å². The molecule has 4 N–H and O–H groups in total. The normalized spacial score (nSPS) is 10.4. The summed E-state index contributed by atoms with van der Waals surface area (Å²) in [5.41, 5.74) is 6.25. The summed E-state index contributed by atoms with van der Waals surface area (Å²) < 4.78 is 1.51. The lowest BCUT2D eigenvalue weighted by atomic mass is 10.2. The molecule has 1 amide bonds. The van der Waals surface area contributed by atoms with Gasteiger partial charge in [0.1, 0.15) is 5.75 Å². The van der Waals surface area contributed by atoms with Gasteiger partial charge < -0.3 is 16.2 Å². The molecule has 0 radical (unpaired) electrons. The van der Waals surface area contributed by atoms with Crippen molar-refractivity contribution in [2.24, 2.45) is 5.73 Å². The third kappa shape index (κ3) is 3.29. The first-order chi connectivity index (χ1) is 9.20. The van der Waals surface area contributed by atoms with Crippen LogP contribution in [0, 0.1) is 0 Å². The number of nitrogens with zero attached hydrogens (tertiary/aromatic N) is 3. The number of aromatic hydroxyl groups is 1. The fourth-order valence-electron chi connectivity index (χ4n) is 1.57. The average molecular weight is 261 g/mol. The maximum absolute atomic E-state index is 11.8. The molecular formula is C12H15N5O2. The number of para-hydroxylation sites is 1. The van der Waals surface area contributed by atoms with Crippen LogP contribution in [0.4, 0.5) is 0 Å². The smallest absolute Gasteiger partial charge is 0.273 e. The number of carbonyl (C=O) groups is 1. The molecule has 0 aliphatic heterocycles. The van der Waals surface area contributed by atoms with E-state index in [0.29, 0.717) is 18.7 Å². The Labute approximate surface area is 110 Å². The second-order valence-electron chi connectivity index (χ2n) is 3.97. The van der Waals surface area contributed by atoms with Crippen LogP contribution in [-0.4, -0.2) is 32.6 Å². The fraction of sp³-hybridized carbons (Fsp3) is 0.250. The van der Waals surface area contributed by atoms with E-state index in [2.05, 4.69) is 15.6 Å². The zero-order chi connectivity index (χ0) is 13.7. The molecule has 0 spiro atoms. The first-order valence-corrected chi connectivity index (χ1v) is 5.86. The number of phenols is 1. The summed E-state index contributed by atoms with van der Waals surface area (Å²) in [5, 5.41) is 19.8. The third-order valence-electron chi connectivity index (χ3n) is 2.56.